The summed E-state index contributed by atoms with van der Waals surface area (Å²) in [6, 6.07) is 7.33. The summed E-state index contributed by atoms with van der Waals surface area (Å²) in [4.78, 5) is 34.4. The summed E-state index contributed by atoms with van der Waals surface area (Å²) in [6.07, 6.45) is 3.61. The summed E-state index contributed by atoms with van der Waals surface area (Å²) in [5.74, 6) is -0.747. The fourth-order valence-corrected chi connectivity index (χ4v) is 3.40. The predicted molar refractivity (Wildman–Crippen MR) is 105 cm³/mol. The number of aliphatic imine (C=N–C) groups is 2. The zero-order chi connectivity index (χ0) is 20.3. The lowest BCUT2D eigenvalue weighted by molar-refractivity contribution is -0.157. The van der Waals surface area contributed by atoms with Crippen LogP contribution in [0.15, 0.2) is 52.6 Å². The average molecular weight is 384 g/mol. The van der Waals surface area contributed by atoms with E-state index >= 15 is 0 Å². The zero-order valence-electron chi connectivity index (χ0n) is 15.5. The van der Waals surface area contributed by atoms with Gasteiger partial charge in [-0.25, -0.2) is 9.79 Å². The molecule has 0 spiro atoms. The van der Waals surface area contributed by atoms with Gasteiger partial charge in [0.2, 0.25) is 5.91 Å². The molecule has 2 aliphatic heterocycles. The number of amidine groups is 1. The number of benzene rings is 1. The number of hydrogen-bond acceptors (Lipinski definition) is 7. The average Bonchev–Trinajstić information content (AvgIpc) is 2.88. The Hall–Kier alpha value is -3.04. The molecule has 0 aromatic heterocycles. The summed E-state index contributed by atoms with van der Waals surface area (Å²) in [5, 5.41) is 12.7. The number of carbonyl (C=O) groups excluding carboxylic acids is 2. The van der Waals surface area contributed by atoms with Crippen molar-refractivity contribution < 1.29 is 14.7 Å². The number of carbonyl (C=O) groups is 2. The van der Waals surface area contributed by atoms with E-state index < -0.39 is 30.1 Å². The van der Waals surface area contributed by atoms with Crippen LogP contribution in [0.2, 0.25) is 0 Å². The van der Waals surface area contributed by atoms with Gasteiger partial charge in [0, 0.05) is 6.20 Å². The number of imide groups is 1. The molecule has 2 heterocycles. The number of aliphatic hydroxyl groups is 1. The molecule has 9 nitrogen and oxygen atoms in total. The number of nitrogens with zero attached hydrogens (tertiary/aromatic N) is 3. The van der Waals surface area contributed by atoms with Gasteiger partial charge in [-0.1, -0.05) is 30.3 Å². The third kappa shape index (κ3) is 4.10. The minimum absolute atomic E-state index is 0.269. The van der Waals surface area contributed by atoms with Crippen LogP contribution in [-0.2, 0) is 4.79 Å². The standard InChI is InChI=1S/C19H24N6O3/c1-11(12-5-3-2-4-6-12)24-19(28)25-16(17(21)26)14(18(25)27)9-13-7-8-22-15(20)10-23-13/h2-8,10-11,13-14,16-17,26H,9,21H2,1H3,(H2,20,22)(H,24,28)/t11-,13?,14-,16+,17?/m1/s1. The fraction of sp³-hybridized carbons (Fsp3) is 0.368. The van der Waals surface area contributed by atoms with Crippen molar-refractivity contribution in [1.29, 1.82) is 0 Å². The van der Waals surface area contributed by atoms with Crippen LogP contribution in [-0.4, -0.2) is 52.3 Å². The topological polar surface area (TPSA) is 146 Å². The minimum Gasteiger partial charge on any atom is -0.382 e. The first-order chi connectivity index (χ1) is 13.4. The Morgan fingerprint density at radius 1 is 1.36 bits per heavy atom. The number of nitrogens with one attached hydrogen (secondary N) is 1. The van der Waals surface area contributed by atoms with Gasteiger partial charge in [-0.3, -0.25) is 14.7 Å². The van der Waals surface area contributed by atoms with E-state index in [4.69, 9.17) is 11.5 Å². The van der Waals surface area contributed by atoms with Crippen LogP contribution in [0.25, 0.3) is 0 Å². The highest BCUT2D eigenvalue weighted by Gasteiger charge is 2.53. The number of β-lactam (4-membered cyclic amide) rings is 1. The Bertz CT molecular complexity index is 820. The largest absolute Gasteiger partial charge is 0.382 e. The van der Waals surface area contributed by atoms with E-state index in [-0.39, 0.29) is 17.9 Å². The third-order valence-electron chi connectivity index (χ3n) is 4.90. The van der Waals surface area contributed by atoms with E-state index in [1.54, 1.807) is 6.08 Å². The maximum absolute atomic E-state index is 12.6. The highest BCUT2D eigenvalue weighted by Crippen LogP contribution is 2.33. The van der Waals surface area contributed by atoms with Gasteiger partial charge in [0.05, 0.1) is 30.3 Å². The number of urea groups is 1. The highest BCUT2D eigenvalue weighted by molar-refractivity contribution is 6.29. The molecule has 5 atom stereocenters. The molecule has 148 valence electrons. The molecular formula is C19H24N6O3. The van der Waals surface area contributed by atoms with Crippen molar-refractivity contribution in [3.05, 3.63) is 48.2 Å². The molecule has 9 heteroatoms. The molecule has 1 aromatic rings. The number of likely N-dealkylation sites (tertiary alicyclic amines) is 1. The summed E-state index contributed by atoms with van der Waals surface area (Å²) >= 11 is 0. The minimum atomic E-state index is -1.35. The molecular weight excluding hydrogens is 360 g/mol. The lowest BCUT2D eigenvalue weighted by Crippen LogP contribution is -2.71. The van der Waals surface area contributed by atoms with Gasteiger partial charge in [0.1, 0.15) is 12.1 Å². The lowest BCUT2D eigenvalue weighted by atomic mass is 9.81. The molecule has 0 radical (unpaired) electrons. The molecule has 2 aliphatic rings. The normalized spacial score (nSPS) is 26.1. The molecule has 6 N–H and O–H groups in total. The first-order valence-electron chi connectivity index (χ1n) is 9.03. The molecule has 0 aliphatic carbocycles. The number of amides is 3. The SMILES string of the molecule is C[C@@H](NC(=O)N1C(=O)[C@H](CC2C=CN=C(N)C=N2)[C@H]1C(N)O)c1ccccc1. The van der Waals surface area contributed by atoms with Crippen LogP contribution in [0, 0.1) is 5.92 Å². The molecule has 2 unspecified atom stereocenters. The first kappa shape index (κ1) is 19.7. The van der Waals surface area contributed by atoms with Gasteiger partial charge in [-0.2, -0.15) is 0 Å². The van der Waals surface area contributed by atoms with Gasteiger partial charge in [-0.05, 0) is 25.0 Å². The molecule has 1 aromatic carbocycles. The van der Waals surface area contributed by atoms with Crippen molar-refractivity contribution in [3.63, 3.8) is 0 Å². The van der Waals surface area contributed by atoms with Crippen LogP contribution in [0.4, 0.5) is 4.79 Å². The second-order valence-corrected chi connectivity index (χ2v) is 6.85. The Balaban J connectivity index is 1.66. The van der Waals surface area contributed by atoms with E-state index in [9.17, 15) is 14.7 Å². The summed E-state index contributed by atoms with van der Waals surface area (Å²) in [5.41, 5.74) is 12.2. The Morgan fingerprint density at radius 2 is 2.07 bits per heavy atom. The molecule has 3 rings (SSSR count). The van der Waals surface area contributed by atoms with Crippen molar-refractivity contribution in [3.8, 4) is 0 Å². The summed E-state index contributed by atoms with van der Waals surface area (Å²) < 4.78 is 0. The summed E-state index contributed by atoms with van der Waals surface area (Å²) in [6.45, 7) is 1.82. The first-order valence-corrected chi connectivity index (χ1v) is 9.03. The fourth-order valence-electron chi connectivity index (χ4n) is 3.40. The number of rotatable bonds is 5. The molecule has 1 saturated heterocycles. The van der Waals surface area contributed by atoms with Gasteiger partial charge in [-0.15, -0.1) is 0 Å². The van der Waals surface area contributed by atoms with Crippen molar-refractivity contribution in [2.75, 3.05) is 0 Å². The second-order valence-electron chi connectivity index (χ2n) is 6.85. The van der Waals surface area contributed by atoms with Crippen molar-refractivity contribution >= 4 is 24.0 Å². The van der Waals surface area contributed by atoms with Crippen molar-refractivity contribution in [1.82, 2.24) is 10.2 Å². The maximum atomic E-state index is 12.6. The Kier molecular flexibility index (Phi) is 5.86. The second kappa shape index (κ2) is 8.32. The van der Waals surface area contributed by atoms with E-state index in [0.29, 0.717) is 6.42 Å². The van der Waals surface area contributed by atoms with Gasteiger partial charge < -0.3 is 21.9 Å². The van der Waals surface area contributed by atoms with Gasteiger partial charge in [0.15, 0.2) is 0 Å². The molecule has 0 saturated carbocycles. The van der Waals surface area contributed by atoms with Gasteiger partial charge >= 0.3 is 6.03 Å². The predicted octanol–water partition coefficient (Wildman–Crippen LogP) is 0.275. The third-order valence-corrected chi connectivity index (χ3v) is 4.90. The zero-order valence-corrected chi connectivity index (χ0v) is 15.5. The van der Waals surface area contributed by atoms with Gasteiger partial charge in [0.25, 0.3) is 0 Å². The quantitative estimate of drug-likeness (QED) is 0.425. The number of nitrogens with two attached hydrogens (primary N) is 2. The van der Waals surface area contributed by atoms with E-state index in [0.717, 1.165) is 10.5 Å². The Morgan fingerprint density at radius 3 is 2.75 bits per heavy atom. The van der Waals surface area contributed by atoms with Crippen LogP contribution < -0.4 is 16.8 Å². The molecule has 28 heavy (non-hydrogen) atoms. The van der Waals surface area contributed by atoms with Crippen LogP contribution >= 0.6 is 0 Å². The summed E-state index contributed by atoms with van der Waals surface area (Å²) in [7, 11) is 0. The van der Waals surface area contributed by atoms with Crippen LogP contribution in [0.5, 0.6) is 0 Å². The van der Waals surface area contributed by atoms with Crippen LogP contribution in [0.3, 0.4) is 0 Å². The highest BCUT2D eigenvalue weighted by atomic mass is 16.3. The Labute approximate surface area is 162 Å². The van der Waals surface area contributed by atoms with E-state index in [1.165, 1.54) is 12.4 Å². The van der Waals surface area contributed by atoms with E-state index in [2.05, 4.69) is 15.3 Å². The number of hydrogen-bond donors (Lipinski definition) is 4. The van der Waals surface area contributed by atoms with Crippen molar-refractivity contribution in [2.24, 2.45) is 27.4 Å². The van der Waals surface area contributed by atoms with E-state index in [1.807, 2.05) is 37.3 Å². The molecule has 3 amide bonds. The molecule has 1 fully saturated rings. The maximum Gasteiger partial charge on any atom is 0.325 e. The smallest absolute Gasteiger partial charge is 0.325 e. The van der Waals surface area contributed by atoms with Crippen LogP contribution in [0.1, 0.15) is 24.9 Å². The molecule has 0 bridgehead atoms. The van der Waals surface area contributed by atoms with Crippen molar-refractivity contribution in [2.45, 2.75) is 37.7 Å². The number of aliphatic hydroxyl groups excluding tert-OH is 1. The monoisotopic (exact) mass is 384 g/mol. The lowest BCUT2D eigenvalue weighted by Gasteiger charge is -2.47.